The first-order chi connectivity index (χ1) is 7.93. The number of hydrogen-bond acceptors (Lipinski definition) is 3. The van der Waals surface area contributed by atoms with E-state index in [2.05, 4.69) is 0 Å². The minimum absolute atomic E-state index is 0.0278. The lowest BCUT2D eigenvalue weighted by Gasteiger charge is -2.18. The van der Waals surface area contributed by atoms with Crippen molar-refractivity contribution in [2.75, 3.05) is 13.7 Å². The zero-order valence-corrected chi connectivity index (χ0v) is 10.1. The molecule has 17 heavy (non-hydrogen) atoms. The van der Waals surface area contributed by atoms with Crippen LogP contribution < -0.4 is 10.5 Å². The van der Waals surface area contributed by atoms with Crippen LogP contribution in [0.2, 0.25) is 0 Å². The molecular formula is C12H16FNO3. The Morgan fingerprint density at radius 2 is 2.12 bits per heavy atom. The zero-order valence-electron chi connectivity index (χ0n) is 10.1. The van der Waals surface area contributed by atoms with Crippen LogP contribution in [0.3, 0.4) is 0 Å². The molecular weight excluding hydrogens is 225 g/mol. The van der Waals surface area contributed by atoms with Crippen LogP contribution in [0.4, 0.5) is 4.39 Å². The smallest absolute Gasteiger partial charge is 0.312 e. The van der Waals surface area contributed by atoms with Crippen LogP contribution in [0.1, 0.15) is 22.6 Å². The summed E-state index contributed by atoms with van der Waals surface area (Å²) in [5.41, 5.74) is 6.51. The molecule has 1 rings (SSSR count). The number of aliphatic carboxylic acids is 1. The average molecular weight is 241 g/mol. The van der Waals surface area contributed by atoms with Gasteiger partial charge in [-0.05, 0) is 31.0 Å². The molecule has 0 heterocycles. The van der Waals surface area contributed by atoms with Crippen molar-refractivity contribution in [3.8, 4) is 5.75 Å². The molecule has 0 fully saturated rings. The van der Waals surface area contributed by atoms with Crippen LogP contribution in [0.5, 0.6) is 5.75 Å². The third-order valence-electron chi connectivity index (χ3n) is 2.70. The molecule has 0 radical (unpaired) electrons. The summed E-state index contributed by atoms with van der Waals surface area (Å²) in [7, 11) is 1.38. The van der Waals surface area contributed by atoms with Crippen molar-refractivity contribution in [1.29, 1.82) is 0 Å². The summed E-state index contributed by atoms with van der Waals surface area (Å²) < 4.78 is 19.1. The molecule has 0 saturated carbocycles. The fourth-order valence-electron chi connectivity index (χ4n) is 1.90. The molecule has 0 aliphatic carbocycles. The largest absolute Gasteiger partial charge is 0.496 e. The summed E-state index contributed by atoms with van der Waals surface area (Å²) in [6, 6.07) is 1.62. The van der Waals surface area contributed by atoms with Crippen LogP contribution in [-0.2, 0) is 4.79 Å². The molecule has 0 spiro atoms. The number of nitrogens with two attached hydrogens (primary N) is 1. The maximum Gasteiger partial charge on any atom is 0.312 e. The summed E-state index contributed by atoms with van der Waals surface area (Å²) in [5.74, 6) is -2.56. The molecule has 0 amide bonds. The van der Waals surface area contributed by atoms with Gasteiger partial charge in [0.2, 0.25) is 0 Å². The highest BCUT2D eigenvalue weighted by atomic mass is 19.1. The minimum atomic E-state index is -1.16. The van der Waals surface area contributed by atoms with Crippen molar-refractivity contribution in [2.45, 2.75) is 19.8 Å². The number of methoxy groups -OCH3 is 1. The Labute approximate surface area is 99.2 Å². The molecule has 1 unspecified atom stereocenters. The topological polar surface area (TPSA) is 72.5 Å². The lowest BCUT2D eigenvalue weighted by atomic mass is 9.93. The number of ether oxygens (including phenoxy) is 1. The summed E-state index contributed by atoms with van der Waals surface area (Å²) >= 11 is 0. The number of carboxylic acids is 1. The van der Waals surface area contributed by atoms with Gasteiger partial charge in [0, 0.05) is 12.1 Å². The molecule has 1 aromatic rings. The number of aryl methyl sites for hydroxylation is 2. The number of carboxylic acid groups (broad SMARTS) is 1. The van der Waals surface area contributed by atoms with Gasteiger partial charge in [-0.3, -0.25) is 4.79 Å². The lowest BCUT2D eigenvalue weighted by Crippen LogP contribution is -2.23. The summed E-state index contributed by atoms with van der Waals surface area (Å²) in [5, 5.41) is 9.05. The van der Waals surface area contributed by atoms with Gasteiger partial charge in [0.25, 0.3) is 0 Å². The second-order valence-corrected chi connectivity index (χ2v) is 3.90. The first-order valence-electron chi connectivity index (χ1n) is 5.20. The SMILES string of the molecule is COc1c(C)cc(C)c(F)c1C(CN)C(=O)O. The second-order valence-electron chi connectivity index (χ2n) is 3.90. The monoisotopic (exact) mass is 241 g/mol. The van der Waals surface area contributed by atoms with E-state index in [-0.39, 0.29) is 17.9 Å². The van der Waals surface area contributed by atoms with E-state index in [1.54, 1.807) is 19.9 Å². The van der Waals surface area contributed by atoms with Gasteiger partial charge in [-0.25, -0.2) is 4.39 Å². The van der Waals surface area contributed by atoms with Gasteiger partial charge in [0.05, 0.1) is 7.11 Å². The third kappa shape index (κ3) is 2.39. The maximum absolute atomic E-state index is 14.0. The van der Waals surface area contributed by atoms with Crippen LogP contribution in [0.25, 0.3) is 0 Å². The van der Waals surface area contributed by atoms with Crippen molar-refractivity contribution in [1.82, 2.24) is 0 Å². The first kappa shape index (κ1) is 13.4. The predicted octanol–water partition coefficient (Wildman–Crippen LogP) is 1.58. The van der Waals surface area contributed by atoms with Gasteiger partial charge in [-0.1, -0.05) is 0 Å². The van der Waals surface area contributed by atoms with E-state index in [9.17, 15) is 9.18 Å². The third-order valence-corrected chi connectivity index (χ3v) is 2.70. The summed E-state index contributed by atoms with van der Waals surface area (Å²) in [6.07, 6.45) is 0. The van der Waals surface area contributed by atoms with E-state index in [0.29, 0.717) is 11.1 Å². The molecule has 1 atom stereocenters. The highest BCUT2D eigenvalue weighted by molar-refractivity contribution is 5.78. The molecule has 0 aliphatic heterocycles. The molecule has 4 nitrogen and oxygen atoms in total. The fraction of sp³-hybridized carbons (Fsp3) is 0.417. The predicted molar refractivity (Wildman–Crippen MR) is 61.9 cm³/mol. The Bertz CT molecular complexity index is 446. The number of carbonyl (C=O) groups is 1. The van der Waals surface area contributed by atoms with Gasteiger partial charge in [0.1, 0.15) is 17.5 Å². The van der Waals surface area contributed by atoms with E-state index >= 15 is 0 Å². The summed E-state index contributed by atoms with van der Waals surface area (Å²) in [4.78, 5) is 11.1. The summed E-state index contributed by atoms with van der Waals surface area (Å²) in [6.45, 7) is 3.15. The van der Waals surface area contributed by atoms with Gasteiger partial charge >= 0.3 is 5.97 Å². The van der Waals surface area contributed by atoms with Gasteiger partial charge in [-0.15, -0.1) is 0 Å². The fourth-order valence-corrected chi connectivity index (χ4v) is 1.90. The zero-order chi connectivity index (χ0) is 13.2. The minimum Gasteiger partial charge on any atom is -0.496 e. The number of benzene rings is 1. The van der Waals surface area contributed by atoms with Crippen molar-refractivity contribution in [3.05, 3.63) is 28.6 Å². The Kier molecular flexibility index (Phi) is 4.07. The molecule has 0 aromatic heterocycles. The van der Waals surface area contributed by atoms with Crippen LogP contribution in [0, 0.1) is 19.7 Å². The van der Waals surface area contributed by atoms with E-state index in [1.807, 2.05) is 0 Å². The van der Waals surface area contributed by atoms with Crippen molar-refractivity contribution >= 4 is 5.97 Å². The Hall–Kier alpha value is -1.62. The van der Waals surface area contributed by atoms with Crippen molar-refractivity contribution in [2.24, 2.45) is 5.73 Å². The molecule has 1 aromatic carbocycles. The maximum atomic E-state index is 14.0. The molecule has 0 aliphatic rings. The van der Waals surface area contributed by atoms with Crippen molar-refractivity contribution in [3.63, 3.8) is 0 Å². The molecule has 5 heteroatoms. The van der Waals surface area contributed by atoms with Crippen LogP contribution in [-0.4, -0.2) is 24.7 Å². The van der Waals surface area contributed by atoms with E-state index in [4.69, 9.17) is 15.6 Å². The van der Waals surface area contributed by atoms with Gasteiger partial charge in [-0.2, -0.15) is 0 Å². The van der Waals surface area contributed by atoms with E-state index in [0.717, 1.165) is 0 Å². The first-order valence-corrected chi connectivity index (χ1v) is 5.20. The average Bonchev–Trinajstić information content (AvgIpc) is 2.25. The Morgan fingerprint density at radius 3 is 2.53 bits per heavy atom. The number of rotatable bonds is 4. The van der Waals surface area contributed by atoms with Gasteiger partial charge < -0.3 is 15.6 Å². The standard InChI is InChI=1S/C12H16FNO3/c1-6-4-7(2)11(17-3)9(10(6)13)8(5-14)12(15)16/h4,8H,5,14H2,1-3H3,(H,15,16). The lowest BCUT2D eigenvalue weighted by molar-refractivity contribution is -0.138. The molecule has 0 saturated heterocycles. The highest BCUT2D eigenvalue weighted by Gasteiger charge is 2.27. The van der Waals surface area contributed by atoms with Crippen molar-refractivity contribution < 1.29 is 19.0 Å². The Morgan fingerprint density at radius 1 is 1.53 bits per heavy atom. The second kappa shape index (κ2) is 5.14. The number of halogens is 1. The quantitative estimate of drug-likeness (QED) is 0.839. The van der Waals surface area contributed by atoms with E-state index < -0.39 is 17.7 Å². The molecule has 3 N–H and O–H groups in total. The highest BCUT2D eigenvalue weighted by Crippen LogP contribution is 2.34. The van der Waals surface area contributed by atoms with Crippen LogP contribution >= 0.6 is 0 Å². The number of hydrogen-bond donors (Lipinski definition) is 2. The molecule has 0 bridgehead atoms. The Balaban J connectivity index is 3.53. The van der Waals surface area contributed by atoms with Gasteiger partial charge in [0.15, 0.2) is 0 Å². The van der Waals surface area contributed by atoms with Crippen LogP contribution in [0.15, 0.2) is 6.07 Å². The molecule has 94 valence electrons. The van der Waals surface area contributed by atoms with E-state index in [1.165, 1.54) is 7.11 Å². The normalized spacial score (nSPS) is 12.3.